The molecule has 8 heteroatoms. The summed E-state index contributed by atoms with van der Waals surface area (Å²) in [4.78, 5) is 44.1. The van der Waals surface area contributed by atoms with Crippen LogP contribution in [0.5, 0.6) is 0 Å². The zero-order valence-corrected chi connectivity index (χ0v) is 20.5. The first-order valence-corrected chi connectivity index (χ1v) is 12.4. The molecule has 1 N–H and O–H groups in total. The van der Waals surface area contributed by atoms with Gasteiger partial charge < -0.3 is 24.4 Å². The molecule has 186 valence electrons. The fraction of sp³-hybridized carbons (Fsp3) is 0.800. The number of amides is 2. The monoisotopic (exact) mass is 464 g/mol. The van der Waals surface area contributed by atoms with Crippen molar-refractivity contribution in [3.8, 4) is 0 Å². The predicted molar refractivity (Wildman–Crippen MR) is 123 cm³/mol. The second-order valence-electron chi connectivity index (χ2n) is 9.95. The Hall–Kier alpha value is -1.93. The van der Waals surface area contributed by atoms with Crippen molar-refractivity contribution in [1.82, 2.24) is 9.80 Å². The summed E-state index contributed by atoms with van der Waals surface area (Å²) in [7, 11) is 0. The smallest absolute Gasteiger partial charge is 0.312 e. The van der Waals surface area contributed by atoms with Gasteiger partial charge in [0.1, 0.15) is 11.6 Å². The number of nitrogens with zero attached hydrogens (tertiary/aromatic N) is 2. The van der Waals surface area contributed by atoms with Gasteiger partial charge in [0.25, 0.3) is 0 Å². The average molecular weight is 465 g/mol. The van der Waals surface area contributed by atoms with E-state index >= 15 is 0 Å². The molecule has 0 aromatic heterocycles. The molecule has 0 saturated carbocycles. The van der Waals surface area contributed by atoms with Crippen molar-refractivity contribution in [2.24, 2.45) is 17.8 Å². The van der Waals surface area contributed by atoms with Gasteiger partial charge in [-0.25, -0.2) is 0 Å². The molecule has 3 saturated heterocycles. The summed E-state index contributed by atoms with van der Waals surface area (Å²) in [6.07, 6.45) is 4.73. The molecule has 8 nitrogen and oxygen atoms in total. The molecule has 33 heavy (non-hydrogen) atoms. The summed E-state index contributed by atoms with van der Waals surface area (Å²) >= 11 is 0. The molecule has 6 atom stereocenters. The average Bonchev–Trinajstić information content (AvgIpc) is 3.42. The van der Waals surface area contributed by atoms with E-state index in [0.29, 0.717) is 32.4 Å². The molecular weight excluding hydrogens is 424 g/mol. The molecule has 3 fully saturated rings. The summed E-state index contributed by atoms with van der Waals surface area (Å²) < 4.78 is 11.7. The van der Waals surface area contributed by atoms with Gasteiger partial charge in [0.15, 0.2) is 0 Å². The first-order valence-electron chi connectivity index (χ1n) is 12.4. The summed E-state index contributed by atoms with van der Waals surface area (Å²) in [6, 6.07) is -1.39. The highest BCUT2D eigenvalue weighted by atomic mass is 16.6. The fourth-order valence-electron chi connectivity index (χ4n) is 6.06. The van der Waals surface area contributed by atoms with Crippen LogP contribution >= 0.6 is 0 Å². The van der Waals surface area contributed by atoms with E-state index in [1.807, 2.05) is 13.8 Å². The second kappa shape index (κ2) is 10.6. The van der Waals surface area contributed by atoms with Crippen LogP contribution < -0.4 is 0 Å². The lowest BCUT2D eigenvalue weighted by Crippen LogP contribution is -2.59. The van der Waals surface area contributed by atoms with E-state index in [1.165, 1.54) is 0 Å². The summed E-state index contributed by atoms with van der Waals surface area (Å²) in [6.45, 7) is 12.5. The first kappa shape index (κ1) is 25.7. The van der Waals surface area contributed by atoms with Crippen molar-refractivity contribution < 1.29 is 29.0 Å². The number of aliphatic hydroxyl groups excluding tert-OH is 1. The fourth-order valence-corrected chi connectivity index (χ4v) is 6.06. The minimum absolute atomic E-state index is 0.188. The molecule has 3 aliphatic rings. The number of ether oxygens (including phenoxy) is 2. The lowest BCUT2D eigenvalue weighted by molar-refractivity contribution is -0.156. The summed E-state index contributed by atoms with van der Waals surface area (Å²) in [5, 5.41) is 10.3. The number of hydrogen-bond donors (Lipinski definition) is 1. The molecule has 0 aromatic carbocycles. The highest BCUT2D eigenvalue weighted by molar-refractivity contribution is 5.98. The van der Waals surface area contributed by atoms with Gasteiger partial charge in [-0.05, 0) is 38.5 Å². The predicted octanol–water partition coefficient (Wildman–Crippen LogP) is 2.15. The quantitative estimate of drug-likeness (QED) is 0.351. The van der Waals surface area contributed by atoms with Crippen molar-refractivity contribution in [1.29, 1.82) is 0 Å². The number of unbranched alkanes of at least 4 members (excludes halogenated alkanes) is 1. The molecule has 0 radical (unpaired) electrons. The SMILES string of the molecule is C=CCN(CCCC)C(=O)[C@H]1N([C@@H](CO)CC(C)C)C(=O)[C@@H]2[C@@H](C(=O)OCC)[C@H]3CC[C@]21O3. The van der Waals surface area contributed by atoms with E-state index in [2.05, 4.69) is 13.5 Å². The lowest BCUT2D eigenvalue weighted by atomic mass is 9.70. The van der Waals surface area contributed by atoms with E-state index < -0.39 is 41.6 Å². The van der Waals surface area contributed by atoms with Crippen LogP contribution in [0.4, 0.5) is 0 Å². The van der Waals surface area contributed by atoms with Crippen molar-refractivity contribution in [3.05, 3.63) is 12.7 Å². The maximum absolute atomic E-state index is 14.0. The highest BCUT2D eigenvalue weighted by Crippen LogP contribution is 2.59. The van der Waals surface area contributed by atoms with Crippen LogP contribution in [0.3, 0.4) is 0 Å². The van der Waals surface area contributed by atoms with Crippen molar-refractivity contribution in [2.45, 2.75) is 83.6 Å². The van der Waals surface area contributed by atoms with E-state index in [4.69, 9.17) is 9.47 Å². The van der Waals surface area contributed by atoms with E-state index in [1.54, 1.807) is 22.8 Å². The number of carbonyl (C=O) groups excluding carboxylic acids is 3. The minimum atomic E-state index is -1.06. The van der Waals surface area contributed by atoms with Crippen LogP contribution in [-0.2, 0) is 23.9 Å². The minimum Gasteiger partial charge on any atom is -0.466 e. The number of fused-ring (bicyclic) bond motifs is 1. The molecule has 0 aromatic rings. The molecule has 2 amide bonds. The van der Waals surface area contributed by atoms with Gasteiger partial charge in [-0.3, -0.25) is 14.4 Å². The third-order valence-corrected chi connectivity index (χ3v) is 7.32. The number of esters is 1. The Morgan fingerprint density at radius 1 is 1.39 bits per heavy atom. The molecule has 3 heterocycles. The molecule has 1 spiro atoms. The summed E-state index contributed by atoms with van der Waals surface area (Å²) in [5.41, 5.74) is -1.06. The van der Waals surface area contributed by atoms with Gasteiger partial charge >= 0.3 is 5.97 Å². The Morgan fingerprint density at radius 2 is 2.12 bits per heavy atom. The highest BCUT2D eigenvalue weighted by Gasteiger charge is 2.75. The van der Waals surface area contributed by atoms with Gasteiger partial charge in [-0.1, -0.05) is 33.3 Å². The van der Waals surface area contributed by atoms with E-state index in [0.717, 1.165) is 12.8 Å². The first-order chi connectivity index (χ1) is 15.8. The Balaban J connectivity index is 2.06. The number of likely N-dealkylation sites (tertiary alicyclic amines) is 1. The van der Waals surface area contributed by atoms with E-state index in [-0.39, 0.29) is 30.9 Å². The van der Waals surface area contributed by atoms with Crippen molar-refractivity contribution >= 4 is 17.8 Å². The Morgan fingerprint density at radius 3 is 2.70 bits per heavy atom. The van der Waals surface area contributed by atoms with Gasteiger partial charge in [0.05, 0.1) is 37.2 Å². The van der Waals surface area contributed by atoms with Crippen molar-refractivity contribution in [3.63, 3.8) is 0 Å². The zero-order valence-electron chi connectivity index (χ0n) is 20.5. The largest absolute Gasteiger partial charge is 0.466 e. The number of rotatable bonds is 12. The Bertz CT molecular complexity index is 755. The molecule has 0 aliphatic carbocycles. The maximum Gasteiger partial charge on any atom is 0.312 e. The third kappa shape index (κ3) is 4.44. The lowest BCUT2D eigenvalue weighted by Gasteiger charge is -2.39. The van der Waals surface area contributed by atoms with Gasteiger partial charge in [0, 0.05) is 13.1 Å². The number of hydrogen-bond acceptors (Lipinski definition) is 6. The van der Waals surface area contributed by atoms with Crippen LogP contribution in [-0.4, -0.2) is 82.8 Å². The Kier molecular flexibility index (Phi) is 8.22. The third-order valence-electron chi connectivity index (χ3n) is 7.32. The number of aliphatic hydroxyl groups is 1. The van der Waals surface area contributed by atoms with E-state index in [9.17, 15) is 19.5 Å². The van der Waals surface area contributed by atoms with Crippen LogP contribution in [0.1, 0.15) is 59.8 Å². The van der Waals surface area contributed by atoms with Crippen LogP contribution in [0, 0.1) is 17.8 Å². The Labute approximate surface area is 197 Å². The molecule has 3 rings (SSSR count). The molecular formula is C25H40N2O6. The van der Waals surface area contributed by atoms with Crippen LogP contribution in [0.2, 0.25) is 0 Å². The van der Waals surface area contributed by atoms with Crippen LogP contribution in [0.25, 0.3) is 0 Å². The van der Waals surface area contributed by atoms with Gasteiger partial charge in [-0.2, -0.15) is 0 Å². The molecule has 2 bridgehead atoms. The summed E-state index contributed by atoms with van der Waals surface area (Å²) in [5.74, 6) is -2.16. The van der Waals surface area contributed by atoms with Crippen molar-refractivity contribution in [2.75, 3.05) is 26.3 Å². The molecule has 3 aliphatic heterocycles. The van der Waals surface area contributed by atoms with Gasteiger partial charge in [-0.15, -0.1) is 6.58 Å². The topological polar surface area (TPSA) is 96.4 Å². The zero-order chi connectivity index (χ0) is 24.3. The standard InChI is InChI=1S/C25H40N2O6/c1-6-9-13-26(12-7-2)23(30)21-25-11-10-18(33-25)19(24(31)32-8-3)20(25)22(29)27(21)17(15-28)14-16(4)5/h7,16-21,28H,2,6,8-15H2,1,3-5H3/t17-,18-,19+,20+,21-,25+/m1/s1. The maximum atomic E-state index is 14.0. The molecule has 0 unspecified atom stereocenters. The number of carbonyl (C=O) groups is 3. The van der Waals surface area contributed by atoms with Crippen LogP contribution in [0.15, 0.2) is 12.7 Å². The van der Waals surface area contributed by atoms with Gasteiger partial charge in [0.2, 0.25) is 11.8 Å². The second-order valence-corrected chi connectivity index (χ2v) is 9.95. The normalized spacial score (nSPS) is 31.1.